The molecule has 0 N–H and O–H groups in total. The van der Waals surface area contributed by atoms with Gasteiger partial charge in [0.05, 0.1) is 0 Å². The van der Waals surface area contributed by atoms with Gasteiger partial charge in [0.25, 0.3) is 0 Å². The highest BCUT2D eigenvalue weighted by atomic mass is 19.1. The molecule has 1 aliphatic rings. The van der Waals surface area contributed by atoms with Crippen LogP contribution < -0.4 is 0 Å². The van der Waals surface area contributed by atoms with Crippen molar-refractivity contribution in [1.29, 1.82) is 0 Å². The predicted octanol–water partition coefficient (Wildman–Crippen LogP) is 3.62. The molecule has 1 aromatic heterocycles. The smallest absolute Gasteiger partial charge is 0.130 e. The van der Waals surface area contributed by atoms with Gasteiger partial charge in [-0.25, -0.2) is 4.39 Å². The summed E-state index contributed by atoms with van der Waals surface area (Å²) in [4.78, 5) is 0. The minimum Gasteiger partial charge on any atom is -0.462 e. The Kier molecular flexibility index (Phi) is 2.05. The largest absolute Gasteiger partial charge is 0.462 e. The normalized spacial score (nSPS) is 16.8. The minimum atomic E-state index is -0.157. The van der Waals surface area contributed by atoms with Crippen molar-refractivity contribution >= 4 is 5.57 Å². The lowest BCUT2D eigenvalue weighted by atomic mass is 10.0. The summed E-state index contributed by atoms with van der Waals surface area (Å²) in [5.74, 6) is 1.50. The first-order chi connectivity index (χ1) is 6.25. The minimum absolute atomic E-state index is 0.157. The third-order valence-corrected chi connectivity index (χ3v) is 2.12. The van der Waals surface area contributed by atoms with Gasteiger partial charge in [-0.05, 0) is 49.6 Å². The van der Waals surface area contributed by atoms with Gasteiger partial charge in [0, 0.05) is 0 Å². The molecule has 2 rings (SSSR count). The van der Waals surface area contributed by atoms with Crippen LogP contribution in [0.5, 0.6) is 0 Å². The van der Waals surface area contributed by atoms with E-state index in [1.54, 1.807) is 12.2 Å². The number of hydrogen-bond acceptors (Lipinski definition) is 1. The Bertz CT molecular complexity index is 371. The molecule has 1 heterocycles. The summed E-state index contributed by atoms with van der Waals surface area (Å²) < 4.78 is 18.3. The Morgan fingerprint density at radius 2 is 2.23 bits per heavy atom. The van der Waals surface area contributed by atoms with E-state index in [4.69, 9.17) is 4.42 Å². The second kappa shape index (κ2) is 3.21. The van der Waals surface area contributed by atoms with Crippen molar-refractivity contribution in [1.82, 2.24) is 0 Å². The van der Waals surface area contributed by atoms with E-state index in [1.807, 2.05) is 19.1 Å². The summed E-state index contributed by atoms with van der Waals surface area (Å²) in [5, 5.41) is 0. The zero-order valence-electron chi connectivity index (χ0n) is 7.51. The van der Waals surface area contributed by atoms with Crippen molar-refractivity contribution in [2.75, 3.05) is 0 Å². The molecule has 2 heteroatoms. The Hall–Kier alpha value is -1.31. The first-order valence-corrected chi connectivity index (χ1v) is 4.39. The maximum atomic E-state index is 12.9. The van der Waals surface area contributed by atoms with Gasteiger partial charge in [-0.2, -0.15) is 0 Å². The van der Waals surface area contributed by atoms with Crippen LogP contribution in [-0.4, -0.2) is 0 Å². The summed E-state index contributed by atoms with van der Waals surface area (Å²) >= 11 is 0. The van der Waals surface area contributed by atoms with Gasteiger partial charge < -0.3 is 4.42 Å². The number of allylic oxidation sites excluding steroid dienone is 4. The van der Waals surface area contributed by atoms with Crippen molar-refractivity contribution in [3.63, 3.8) is 0 Å². The molecular formula is C11H11FO. The fourth-order valence-corrected chi connectivity index (χ4v) is 1.46. The van der Waals surface area contributed by atoms with Gasteiger partial charge in [0.15, 0.2) is 0 Å². The molecule has 0 fully saturated rings. The number of hydrogen-bond donors (Lipinski definition) is 0. The van der Waals surface area contributed by atoms with E-state index in [0.29, 0.717) is 0 Å². The molecule has 13 heavy (non-hydrogen) atoms. The van der Waals surface area contributed by atoms with Gasteiger partial charge in [-0.1, -0.05) is 0 Å². The molecule has 0 amide bonds. The molecule has 0 bridgehead atoms. The summed E-state index contributed by atoms with van der Waals surface area (Å²) in [7, 11) is 0. The average molecular weight is 178 g/mol. The fraction of sp³-hybridized carbons (Fsp3) is 0.273. The number of halogens is 1. The molecular weight excluding hydrogens is 167 g/mol. The zero-order valence-corrected chi connectivity index (χ0v) is 7.51. The van der Waals surface area contributed by atoms with E-state index in [2.05, 4.69) is 0 Å². The van der Waals surface area contributed by atoms with Crippen molar-refractivity contribution in [3.8, 4) is 0 Å². The van der Waals surface area contributed by atoms with E-state index in [-0.39, 0.29) is 5.83 Å². The summed E-state index contributed by atoms with van der Waals surface area (Å²) in [5.41, 5.74) is 0.952. The van der Waals surface area contributed by atoms with Gasteiger partial charge >= 0.3 is 0 Å². The molecule has 1 aliphatic carbocycles. The molecule has 0 aromatic carbocycles. The molecule has 0 spiro atoms. The van der Waals surface area contributed by atoms with Crippen LogP contribution in [0.1, 0.15) is 24.4 Å². The van der Waals surface area contributed by atoms with Crippen LogP contribution in [0.25, 0.3) is 5.57 Å². The van der Waals surface area contributed by atoms with Crippen LogP contribution in [-0.2, 0) is 0 Å². The van der Waals surface area contributed by atoms with E-state index < -0.39 is 0 Å². The third-order valence-electron chi connectivity index (χ3n) is 2.12. The van der Waals surface area contributed by atoms with Crippen LogP contribution in [0, 0.1) is 6.92 Å². The van der Waals surface area contributed by atoms with Crippen LogP contribution in [0.15, 0.2) is 34.5 Å². The van der Waals surface area contributed by atoms with E-state index in [1.165, 1.54) is 0 Å². The average Bonchev–Trinajstić information content (AvgIpc) is 2.52. The van der Waals surface area contributed by atoms with Gasteiger partial charge in [0.2, 0.25) is 0 Å². The van der Waals surface area contributed by atoms with E-state index >= 15 is 0 Å². The van der Waals surface area contributed by atoms with Crippen molar-refractivity contribution in [2.45, 2.75) is 19.8 Å². The molecule has 68 valence electrons. The highest BCUT2D eigenvalue weighted by Crippen LogP contribution is 2.27. The van der Waals surface area contributed by atoms with Crippen molar-refractivity contribution < 1.29 is 8.81 Å². The molecule has 0 aliphatic heterocycles. The van der Waals surface area contributed by atoms with E-state index in [9.17, 15) is 4.39 Å². The van der Waals surface area contributed by atoms with Crippen molar-refractivity contribution in [3.05, 3.63) is 41.6 Å². The highest BCUT2D eigenvalue weighted by molar-refractivity contribution is 5.65. The Labute approximate surface area is 76.6 Å². The monoisotopic (exact) mass is 178 g/mol. The van der Waals surface area contributed by atoms with Gasteiger partial charge in [-0.3, -0.25) is 0 Å². The fourth-order valence-electron chi connectivity index (χ4n) is 1.46. The molecule has 0 unspecified atom stereocenters. The predicted molar refractivity (Wildman–Crippen MR) is 49.8 cm³/mol. The maximum Gasteiger partial charge on any atom is 0.130 e. The molecule has 1 aromatic rings. The van der Waals surface area contributed by atoms with E-state index in [0.717, 1.165) is 29.9 Å². The molecule has 0 saturated heterocycles. The SMILES string of the molecule is Cc1ccc(C2=CC(F)=CCC2)o1. The second-order valence-corrected chi connectivity index (χ2v) is 3.21. The van der Waals surface area contributed by atoms with Crippen LogP contribution in [0.3, 0.4) is 0 Å². The molecule has 0 radical (unpaired) electrons. The van der Waals surface area contributed by atoms with Crippen LogP contribution in [0.2, 0.25) is 0 Å². The first-order valence-electron chi connectivity index (χ1n) is 4.39. The van der Waals surface area contributed by atoms with Gasteiger partial charge in [-0.15, -0.1) is 0 Å². The molecule has 1 nitrogen and oxygen atoms in total. The number of rotatable bonds is 1. The second-order valence-electron chi connectivity index (χ2n) is 3.21. The Morgan fingerprint density at radius 1 is 1.38 bits per heavy atom. The quantitative estimate of drug-likeness (QED) is 0.640. The topological polar surface area (TPSA) is 13.1 Å². The molecule has 0 saturated carbocycles. The standard InChI is InChI=1S/C11H11FO/c1-8-5-6-11(13-8)9-3-2-4-10(12)7-9/h4-7H,2-3H2,1H3. The van der Waals surface area contributed by atoms with Gasteiger partial charge in [0.1, 0.15) is 17.3 Å². The first kappa shape index (κ1) is 8.30. The third kappa shape index (κ3) is 1.72. The summed E-state index contributed by atoms with van der Waals surface area (Å²) in [6.45, 7) is 1.89. The van der Waals surface area contributed by atoms with Crippen LogP contribution >= 0.6 is 0 Å². The number of aryl methyl sites for hydroxylation is 1. The highest BCUT2D eigenvalue weighted by Gasteiger charge is 2.09. The lowest BCUT2D eigenvalue weighted by molar-refractivity contribution is 0.518. The maximum absolute atomic E-state index is 12.9. The van der Waals surface area contributed by atoms with Crippen molar-refractivity contribution in [2.24, 2.45) is 0 Å². The summed E-state index contributed by atoms with van der Waals surface area (Å²) in [6.07, 6.45) is 4.76. The lowest BCUT2D eigenvalue weighted by Gasteiger charge is -2.06. The molecule has 0 atom stereocenters. The van der Waals surface area contributed by atoms with Crippen LogP contribution in [0.4, 0.5) is 4.39 Å². The Balaban J connectivity index is 2.31. The zero-order chi connectivity index (χ0) is 9.26. The Morgan fingerprint density at radius 3 is 2.85 bits per heavy atom. The number of furan rings is 1. The summed E-state index contributed by atoms with van der Waals surface area (Å²) in [6, 6.07) is 3.78. The lowest BCUT2D eigenvalue weighted by Crippen LogP contribution is -1.87.